The summed E-state index contributed by atoms with van der Waals surface area (Å²) in [5.41, 5.74) is 0. The summed E-state index contributed by atoms with van der Waals surface area (Å²) in [5, 5.41) is 0. The van der Waals surface area contributed by atoms with Crippen LogP contribution in [0, 0.1) is 0 Å². The van der Waals surface area contributed by atoms with E-state index < -0.39 is 16.7 Å². The van der Waals surface area contributed by atoms with Crippen LogP contribution >= 0.6 is 25.7 Å². The second-order valence-corrected chi connectivity index (χ2v) is 25.5. The molecule has 0 atom stereocenters. The second-order valence-electron chi connectivity index (χ2n) is 1.64. The fraction of sp³-hybridized carbons (Fsp3) is 1.00. The summed E-state index contributed by atoms with van der Waals surface area (Å²) < 4.78 is 1.96. The van der Waals surface area contributed by atoms with Gasteiger partial charge in [0.15, 0.2) is 0 Å². The van der Waals surface area contributed by atoms with Gasteiger partial charge in [0.05, 0.1) is 0 Å². The Labute approximate surface area is 71.7 Å². The van der Waals surface area contributed by atoms with E-state index in [2.05, 4.69) is 0 Å². The van der Waals surface area contributed by atoms with Crippen molar-refractivity contribution in [2.75, 3.05) is 13.1 Å². The zero-order valence-electron chi connectivity index (χ0n) is 5.50. The van der Waals surface area contributed by atoms with Gasteiger partial charge in [0, 0.05) is 0 Å². The van der Waals surface area contributed by atoms with Crippen molar-refractivity contribution < 1.29 is 16.7 Å². The van der Waals surface area contributed by atoms with E-state index in [0.29, 0.717) is 0 Å². The Bertz CT molecular complexity index is 78.4. The van der Waals surface area contributed by atoms with Gasteiger partial charge in [0.1, 0.15) is 0 Å². The molecule has 1 nitrogen and oxygen atoms in total. The Kier molecular flexibility index (Phi) is 5.41. The second kappa shape index (κ2) is 4.55. The molecule has 0 aliphatic heterocycles. The van der Waals surface area contributed by atoms with Crippen LogP contribution < -0.4 is 0 Å². The molecule has 9 heavy (non-hydrogen) atoms. The van der Waals surface area contributed by atoms with Crippen LogP contribution in [0.25, 0.3) is 0 Å². The van der Waals surface area contributed by atoms with Crippen molar-refractivity contribution in [1.82, 2.24) is 2.89 Å². The summed E-state index contributed by atoms with van der Waals surface area (Å²) in [5.74, 6) is 0. The predicted octanol–water partition coefficient (Wildman–Crippen LogP) is 2.86. The molecule has 5 heteroatoms. The van der Waals surface area contributed by atoms with Crippen molar-refractivity contribution in [3.63, 3.8) is 0 Å². The molecule has 0 spiro atoms. The van der Waals surface area contributed by atoms with E-state index in [9.17, 15) is 0 Å². The molecule has 0 aromatic rings. The Hall–Kier alpha value is 1.70. The summed E-state index contributed by atoms with van der Waals surface area (Å²) in [6.07, 6.45) is 0. The maximum absolute atomic E-state index is 5.78. The quantitative estimate of drug-likeness (QED) is 0.703. The van der Waals surface area contributed by atoms with Crippen molar-refractivity contribution in [3.05, 3.63) is 0 Å². The van der Waals surface area contributed by atoms with Gasteiger partial charge in [-0.25, -0.2) is 0 Å². The van der Waals surface area contributed by atoms with E-state index in [1.807, 2.05) is 16.7 Å². The number of hydrogen-bond donors (Lipinski definition) is 0. The molecule has 0 aliphatic rings. The van der Waals surface area contributed by atoms with Crippen molar-refractivity contribution in [2.45, 2.75) is 13.8 Å². The first-order chi connectivity index (χ1) is 4.02. The molecule has 0 radical (unpaired) electrons. The molecule has 0 rings (SSSR count). The van der Waals surface area contributed by atoms with E-state index in [1.54, 1.807) is 0 Å². The van der Waals surface area contributed by atoms with Crippen molar-refractivity contribution in [2.24, 2.45) is 0 Å². The third kappa shape index (κ3) is 4.20. The average molecular weight is 357 g/mol. The Balaban J connectivity index is 3.79. The summed E-state index contributed by atoms with van der Waals surface area (Å²) in [6.45, 7) is 5.72. The molecule has 0 amide bonds. The minimum absolute atomic E-state index is 0.856. The number of nitrogens with zero attached hydrogens (tertiary/aromatic N) is 1. The van der Waals surface area contributed by atoms with Crippen LogP contribution in [0.15, 0.2) is 0 Å². The third-order valence-corrected chi connectivity index (χ3v) is 11.8. The van der Waals surface area contributed by atoms with E-state index in [0.717, 1.165) is 13.1 Å². The molecule has 0 aromatic heterocycles. The van der Waals surface area contributed by atoms with Gasteiger partial charge >= 0.3 is 72.3 Å². The topological polar surface area (TPSA) is 3.24 Å². The molecule has 0 fully saturated rings. The molecular weight excluding hydrogens is 347 g/mol. The number of hydrogen-bond acceptors (Lipinski definition) is 1. The van der Waals surface area contributed by atoms with Crippen LogP contribution in [0.5, 0.6) is 0 Å². The normalized spacial score (nSPS) is 12.7. The van der Waals surface area contributed by atoms with Crippen molar-refractivity contribution in [1.29, 1.82) is 0 Å². The summed E-state index contributed by atoms with van der Waals surface area (Å²) in [4.78, 5) is 0. The zero-order valence-corrected chi connectivity index (χ0v) is 11.4. The molecule has 0 saturated carbocycles. The molecule has 0 saturated heterocycles. The van der Waals surface area contributed by atoms with Crippen LogP contribution in [-0.2, 0) is 16.7 Å². The standard InChI is InChI=1S/C4H10N.3ClH.Hf/c1-3-5-4-2;;;;/h3-4H2,1-2H3;3*1H;/q-1;;;;+4/p-3. The van der Waals surface area contributed by atoms with Crippen LogP contribution in [0.2, 0.25) is 0 Å². The van der Waals surface area contributed by atoms with Gasteiger partial charge in [-0.2, -0.15) is 0 Å². The molecule has 0 heterocycles. The molecule has 0 aliphatic carbocycles. The monoisotopic (exact) mass is 357 g/mol. The van der Waals surface area contributed by atoms with Gasteiger partial charge < -0.3 is 0 Å². The van der Waals surface area contributed by atoms with E-state index >= 15 is 0 Å². The third-order valence-electron chi connectivity index (χ3n) is 1.12. The van der Waals surface area contributed by atoms with Gasteiger partial charge in [-0.15, -0.1) is 0 Å². The summed E-state index contributed by atoms with van der Waals surface area (Å²) in [7, 11) is 17.3. The van der Waals surface area contributed by atoms with Gasteiger partial charge in [-0.1, -0.05) is 0 Å². The zero-order chi connectivity index (χ0) is 7.49. The van der Waals surface area contributed by atoms with Crippen LogP contribution in [0.4, 0.5) is 0 Å². The Morgan fingerprint density at radius 2 is 1.44 bits per heavy atom. The predicted molar refractivity (Wildman–Crippen MR) is 40.5 cm³/mol. The van der Waals surface area contributed by atoms with Gasteiger partial charge in [0.25, 0.3) is 0 Å². The van der Waals surface area contributed by atoms with E-state index in [4.69, 9.17) is 25.7 Å². The van der Waals surface area contributed by atoms with Crippen LogP contribution in [-0.4, -0.2) is 16.0 Å². The molecule has 0 unspecified atom stereocenters. The first-order valence-corrected chi connectivity index (χ1v) is 17.8. The molecule has 0 aromatic carbocycles. The number of rotatable bonds is 3. The van der Waals surface area contributed by atoms with Crippen LogP contribution in [0.1, 0.15) is 13.8 Å². The van der Waals surface area contributed by atoms with Gasteiger partial charge in [-0.05, 0) is 0 Å². The molecular formula is C4H10Cl3HfN. The van der Waals surface area contributed by atoms with Gasteiger partial charge in [-0.3, -0.25) is 0 Å². The van der Waals surface area contributed by atoms with Crippen LogP contribution in [0.3, 0.4) is 0 Å². The first-order valence-electron chi connectivity index (χ1n) is 2.84. The van der Waals surface area contributed by atoms with E-state index in [1.165, 1.54) is 0 Å². The van der Waals surface area contributed by atoms with Crippen molar-refractivity contribution >= 4 is 25.7 Å². The van der Waals surface area contributed by atoms with E-state index in [-0.39, 0.29) is 0 Å². The minimum atomic E-state index is -3.32. The fourth-order valence-corrected chi connectivity index (χ4v) is 9.03. The molecule has 56 valence electrons. The first kappa shape index (κ1) is 10.7. The SMILES string of the molecule is CC[N](CC)[Hf]([Cl])([Cl])[Cl]. The molecule has 0 bridgehead atoms. The Morgan fingerprint density at radius 3 is 1.44 bits per heavy atom. The average Bonchev–Trinajstić information content (AvgIpc) is 1.65. The fourth-order valence-electron chi connectivity index (χ4n) is 0.582. The van der Waals surface area contributed by atoms with Gasteiger partial charge in [0.2, 0.25) is 0 Å². The summed E-state index contributed by atoms with van der Waals surface area (Å²) in [6, 6.07) is 0. The summed E-state index contributed by atoms with van der Waals surface area (Å²) >= 11 is -3.32. The Morgan fingerprint density at radius 1 is 1.11 bits per heavy atom. The number of halogens is 3. The molecule has 0 N–H and O–H groups in total. The van der Waals surface area contributed by atoms with Crippen molar-refractivity contribution in [3.8, 4) is 0 Å². The maximum atomic E-state index is 5.78.